The van der Waals surface area contributed by atoms with Crippen LogP contribution < -0.4 is 16.0 Å². The van der Waals surface area contributed by atoms with Crippen LogP contribution in [-0.4, -0.2) is 58.1 Å². The normalized spacial score (nSPS) is 21.3. The molecule has 0 radical (unpaired) electrons. The van der Waals surface area contributed by atoms with Crippen LogP contribution in [0.15, 0.2) is 4.99 Å². The third-order valence-electron chi connectivity index (χ3n) is 6.07. The van der Waals surface area contributed by atoms with E-state index in [-0.39, 0.29) is 36.1 Å². The fraction of sp³-hybridized carbons (Fsp3) is 0.826. The van der Waals surface area contributed by atoms with Gasteiger partial charge < -0.3 is 25.3 Å². The zero-order valence-corrected chi connectivity index (χ0v) is 23.0. The Bertz CT molecular complexity index is 767. The van der Waals surface area contributed by atoms with Gasteiger partial charge in [0.15, 0.2) is 5.96 Å². The molecule has 0 saturated heterocycles. The highest BCUT2D eigenvalue weighted by atomic mass is 127. The van der Waals surface area contributed by atoms with Gasteiger partial charge in [-0.05, 0) is 65.7 Å². The van der Waals surface area contributed by atoms with E-state index in [1.807, 2.05) is 27.8 Å². The predicted octanol–water partition coefficient (Wildman–Crippen LogP) is 3.56. The molecule has 10 heteroatoms. The number of hydrogen-bond acceptors (Lipinski definition) is 5. The maximum atomic E-state index is 12.0. The zero-order chi connectivity index (χ0) is 23.0. The predicted molar refractivity (Wildman–Crippen MR) is 141 cm³/mol. The monoisotopic (exact) mass is 575 g/mol. The van der Waals surface area contributed by atoms with Crippen molar-refractivity contribution in [2.24, 2.45) is 4.99 Å². The van der Waals surface area contributed by atoms with Crippen molar-refractivity contribution in [2.45, 2.75) is 109 Å². The Labute approximate surface area is 215 Å². The first-order chi connectivity index (χ1) is 15.3. The van der Waals surface area contributed by atoms with Gasteiger partial charge in [-0.2, -0.15) is 0 Å². The number of aryl methyl sites for hydroxylation is 2. The third-order valence-corrected chi connectivity index (χ3v) is 6.07. The molecular formula is C23H42IN7O2. The summed E-state index contributed by atoms with van der Waals surface area (Å²) in [7, 11) is 1.81. The van der Waals surface area contributed by atoms with Gasteiger partial charge in [-0.25, -0.2) is 4.79 Å². The minimum atomic E-state index is -0.465. The van der Waals surface area contributed by atoms with Gasteiger partial charge in [0.25, 0.3) is 0 Å². The number of aromatic nitrogens is 3. The summed E-state index contributed by atoms with van der Waals surface area (Å²) in [6.45, 7) is 7.55. The van der Waals surface area contributed by atoms with Crippen molar-refractivity contribution >= 4 is 36.0 Å². The van der Waals surface area contributed by atoms with Crippen molar-refractivity contribution in [3.05, 3.63) is 11.6 Å². The molecule has 1 fully saturated rings. The van der Waals surface area contributed by atoms with Gasteiger partial charge in [-0.1, -0.05) is 6.42 Å². The van der Waals surface area contributed by atoms with Gasteiger partial charge in [0.2, 0.25) is 0 Å². The first-order valence-electron chi connectivity index (χ1n) is 12.2. The first-order valence-corrected chi connectivity index (χ1v) is 12.2. The Hall–Kier alpha value is -1.59. The van der Waals surface area contributed by atoms with E-state index in [9.17, 15) is 4.79 Å². The Morgan fingerprint density at radius 2 is 1.79 bits per heavy atom. The lowest BCUT2D eigenvalue weighted by Crippen LogP contribution is -2.48. The average molecular weight is 576 g/mol. The second-order valence-corrected chi connectivity index (χ2v) is 9.94. The number of rotatable bonds is 6. The van der Waals surface area contributed by atoms with Crippen LogP contribution in [0, 0.1) is 0 Å². The number of fused-ring (bicyclic) bond motifs is 1. The highest BCUT2D eigenvalue weighted by molar-refractivity contribution is 14.0. The quantitative estimate of drug-likeness (QED) is 0.208. The molecule has 1 aromatic rings. The van der Waals surface area contributed by atoms with Crippen LogP contribution in [0.4, 0.5) is 4.79 Å². The summed E-state index contributed by atoms with van der Waals surface area (Å²) in [6, 6.07) is 0.543. The summed E-state index contributed by atoms with van der Waals surface area (Å²) in [6.07, 6.45) is 10.2. The molecule has 3 rings (SSSR count). The average Bonchev–Trinajstić information content (AvgIpc) is 2.96. The second-order valence-electron chi connectivity index (χ2n) is 9.94. The molecule has 0 atom stereocenters. The van der Waals surface area contributed by atoms with Crippen molar-refractivity contribution in [3.8, 4) is 0 Å². The van der Waals surface area contributed by atoms with E-state index in [1.165, 1.54) is 19.3 Å². The number of amides is 1. The molecule has 33 heavy (non-hydrogen) atoms. The number of hydrogen-bond donors (Lipinski definition) is 3. The molecule has 3 N–H and O–H groups in total. The number of nitrogens with one attached hydrogen (secondary N) is 3. The molecule has 1 aliphatic carbocycles. The van der Waals surface area contributed by atoms with Crippen LogP contribution in [0.1, 0.15) is 83.8 Å². The molecule has 9 nitrogen and oxygen atoms in total. The molecule has 1 aromatic heterocycles. The Balaban J connectivity index is 0.00000385. The Morgan fingerprint density at radius 3 is 2.45 bits per heavy atom. The van der Waals surface area contributed by atoms with Gasteiger partial charge in [0, 0.05) is 45.1 Å². The molecule has 0 aromatic carbocycles. The van der Waals surface area contributed by atoms with E-state index in [2.05, 4.69) is 35.7 Å². The largest absolute Gasteiger partial charge is 0.444 e. The summed E-state index contributed by atoms with van der Waals surface area (Å²) < 4.78 is 7.69. The minimum Gasteiger partial charge on any atom is -0.444 e. The van der Waals surface area contributed by atoms with Gasteiger partial charge in [0.05, 0.1) is 0 Å². The molecule has 1 aliphatic heterocycles. The second kappa shape index (κ2) is 13.3. The molecule has 2 heterocycles. The standard InChI is InChI=1S/C23H41N7O2.HI/c1-23(2,3)32-22(31)27-18-13-11-17(12-14-18)26-21(24-4)25-15-8-10-20-29-28-19-9-6-5-7-16-30(19)20;/h17-18H,5-16H2,1-4H3,(H,27,31)(H2,24,25,26);1H. The van der Waals surface area contributed by atoms with Crippen LogP contribution in [0.5, 0.6) is 0 Å². The summed E-state index contributed by atoms with van der Waals surface area (Å²) in [5.74, 6) is 3.11. The number of alkyl carbamates (subject to hydrolysis) is 1. The lowest BCUT2D eigenvalue weighted by molar-refractivity contribution is 0.0490. The van der Waals surface area contributed by atoms with Gasteiger partial charge >= 0.3 is 6.09 Å². The van der Waals surface area contributed by atoms with Crippen molar-refractivity contribution < 1.29 is 9.53 Å². The van der Waals surface area contributed by atoms with Crippen LogP contribution in [0.2, 0.25) is 0 Å². The SMILES string of the molecule is CN=C(NCCCc1nnc2n1CCCCC2)NC1CCC(NC(=O)OC(C)(C)C)CC1.I. The molecule has 0 spiro atoms. The molecule has 0 unspecified atom stereocenters. The number of ether oxygens (including phenoxy) is 1. The number of nitrogens with zero attached hydrogens (tertiary/aromatic N) is 4. The number of carbonyl (C=O) groups is 1. The van der Waals surface area contributed by atoms with E-state index < -0.39 is 5.60 Å². The maximum Gasteiger partial charge on any atom is 0.407 e. The topological polar surface area (TPSA) is 105 Å². The molecule has 188 valence electrons. The molecule has 1 saturated carbocycles. The van der Waals surface area contributed by atoms with E-state index in [0.717, 1.165) is 75.6 Å². The smallest absolute Gasteiger partial charge is 0.407 e. The first kappa shape index (κ1) is 27.7. The van der Waals surface area contributed by atoms with Crippen molar-refractivity contribution in [1.82, 2.24) is 30.7 Å². The molecule has 0 bridgehead atoms. The minimum absolute atomic E-state index is 0. The number of guanidine groups is 1. The van der Waals surface area contributed by atoms with E-state index >= 15 is 0 Å². The molecular weight excluding hydrogens is 533 g/mol. The van der Waals surface area contributed by atoms with Gasteiger partial charge in [-0.3, -0.25) is 4.99 Å². The molecule has 2 aliphatic rings. The van der Waals surface area contributed by atoms with E-state index in [4.69, 9.17) is 4.74 Å². The summed E-state index contributed by atoms with van der Waals surface area (Å²) >= 11 is 0. The van der Waals surface area contributed by atoms with E-state index in [0.29, 0.717) is 6.04 Å². The summed E-state index contributed by atoms with van der Waals surface area (Å²) in [4.78, 5) is 16.4. The molecule has 1 amide bonds. The van der Waals surface area contributed by atoms with E-state index in [1.54, 1.807) is 0 Å². The third kappa shape index (κ3) is 9.29. The van der Waals surface area contributed by atoms with Crippen molar-refractivity contribution in [3.63, 3.8) is 0 Å². The maximum absolute atomic E-state index is 12.0. The highest BCUT2D eigenvalue weighted by Crippen LogP contribution is 2.19. The van der Waals surface area contributed by atoms with Crippen LogP contribution in [0.25, 0.3) is 0 Å². The fourth-order valence-electron chi connectivity index (χ4n) is 4.43. The fourth-order valence-corrected chi connectivity index (χ4v) is 4.43. The lowest BCUT2D eigenvalue weighted by Gasteiger charge is -2.31. The Kier molecular flexibility index (Phi) is 11.2. The summed E-state index contributed by atoms with van der Waals surface area (Å²) in [5, 5.41) is 18.8. The highest BCUT2D eigenvalue weighted by Gasteiger charge is 2.25. The van der Waals surface area contributed by atoms with Crippen LogP contribution >= 0.6 is 24.0 Å². The van der Waals surface area contributed by atoms with Crippen molar-refractivity contribution in [2.75, 3.05) is 13.6 Å². The van der Waals surface area contributed by atoms with Crippen LogP contribution in [-0.2, 0) is 24.1 Å². The summed E-state index contributed by atoms with van der Waals surface area (Å²) in [5.41, 5.74) is -0.465. The number of aliphatic imine (C=N–C) groups is 1. The van der Waals surface area contributed by atoms with Gasteiger partial charge in [-0.15, -0.1) is 34.2 Å². The lowest BCUT2D eigenvalue weighted by atomic mass is 9.91. The van der Waals surface area contributed by atoms with Crippen LogP contribution in [0.3, 0.4) is 0 Å². The number of carbonyl (C=O) groups excluding carboxylic acids is 1. The van der Waals surface area contributed by atoms with Crippen molar-refractivity contribution in [1.29, 1.82) is 0 Å². The Morgan fingerprint density at radius 1 is 1.09 bits per heavy atom. The van der Waals surface area contributed by atoms with Gasteiger partial charge in [0.1, 0.15) is 17.2 Å². The number of halogens is 1. The zero-order valence-electron chi connectivity index (χ0n) is 20.7.